The third-order valence-electron chi connectivity index (χ3n) is 1.38. The maximum atomic E-state index is 10.2. The first-order chi connectivity index (χ1) is 5.31. The lowest BCUT2D eigenvalue weighted by Crippen LogP contribution is -2.02. The maximum absolute atomic E-state index is 10.2. The summed E-state index contributed by atoms with van der Waals surface area (Å²) >= 11 is 0. The van der Waals surface area contributed by atoms with Gasteiger partial charge >= 0.3 is 0 Å². The number of aldehydes is 1. The van der Waals surface area contributed by atoms with Crippen LogP contribution in [0.3, 0.4) is 0 Å². The Hall–Kier alpha value is -0.410. The first-order valence-electron chi connectivity index (χ1n) is 3.83. The third kappa shape index (κ3) is 7.49. The van der Waals surface area contributed by atoms with E-state index in [1.165, 1.54) is 0 Å². The average molecular weight is 160 g/mol. The highest BCUT2D eigenvalue weighted by Gasteiger charge is 1.97. The van der Waals surface area contributed by atoms with Crippen molar-refractivity contribution in [2.45, 2.75) is 19.8 Å². The molecule has 0 aliphatic heterocycles. The van der Waals surface area contributed by atoms with Gasteiger partial charge < -0.3 is 14.3 Å². The van der Waals surface area contributed by atoms with Crippen LogP contribution in [0.5, 0.6) is 0 Å². The van der Waals surface area contributed by atoms with E-state index in [1.54, 1.807) is 7.11 Å². The predicted octanol–water partition coefficient (Wildman–Crippen LogP) is 1.22. The number of rotatable bonds is 7. The quantitative estimate of drug-likeness (QED) is 0.319. The summed E-state index contributed by atoms with van der Waals surface area (Å²) in [5.41, 5.74) is 0. The fraction of sp³-hybridized carbons (Fsp3) is 0.875. The van der Waals surface area contributed by atoms with Gasteiger partial charge in [-0.15, -0.1) is 0 Å². The second kappa shape index (κ2) is 7.69. The van der Waals surface area contributed by atoms with E-state index in [0.29, 0.717) is 13.4 Å². The molecule has 0 N–H and O–H groups in total. The normalized spacial score (nSPS) is 12.9. The second-order valence-electron chi connectivity index (χ2n) is 2.57. The Morgan fingerprint density at radius 3 is 2.82 bits per heavy atom. The van der Waals surface area contributed by atoms with Crippen LogP contribution in [0.1, 0.15) is 19.8 Å². The Kier molecular flexibility index (Phi) is 7.41. The maximum Gasteiger partial charge on any atom is 0.146 e. The highest BCUT2D eigenvalue weighted by atomic mass is 16.7. The molecule has 0 fully saturated rings. The molecule has 0 aliphatic rings. The molecule has 11 heavy (non-hydrogen) atoms. The van der Waals surface area contributed by atoms with Crippen molar-refractivity contribution in [3.05, 3.63) is 0 Å². The molecule has 0 saturated carbocycles. The Morgan fingerprint density at radius 2 is 2.27 bits per heavy atom. The van der Waals surface area contributed by atoms with E-state index in [9.17, 15) is 4.79 Å². The monoisotopic (exact) mass is 160 g/mol. The van der Waals surface area contributed by atoms with Crippen LogP contribution in [-0.4, -0.2) is 26.8 Å². The van der Waals surface area contributed by atoms with Crippen molar-refractivity contribution >= 4 is 6.29 Å². The summed E-state index contributed by atoms with van der Waals surface area (Å²) in [5.74, 6) is 0.154. The number of carbonyl (C=O) groups is 1. The Bertz CT molecular complexity index is 93.3. The van der Waals surface area contributed by atoms with Gasteiger partial charge in [-0.1, -0.05) is 6.92 Å². The zero-order valence-corrected chi connectivity index (χ0v) is 7.21. The number of carbonyl (C=O) groups excluding carboxylic acids is 1. The number of ether oxygens (including phenoxy) is 2. The summed E-state index contributed by atoms with van der Waals surface area (Å²) in [4.78, 5) is 10.2. The SMILES string of the molecule is COCOCCC[C@@H](C)C=O. The number of hydrogen-bond donors (Lipinski definition) is 0. The van der Waals surface area contributed by atoms with Crippen LogP contribution >= 0.6 is 0 Å². The minimum atomic E-state index is 0.154. The van der Waals surface area contributed by atoms with Gasteiger partial charge in [-0.3, -0.25) is 0 Å². The van der Waals surface area contributed by atoms with E-state index in [2.05, 4.69) is 4.74 Å². The Morgan fingerprint density at radius 1 is 1.55 bits per heavy atom. The number of methoxy groups -OCH3 is 1. The molecule has 0 aromatic heterocycles. The molecule has 0 rings (SSSR count). The van der Waals surface area contributed by atoms with Gasteiger partial charge in [0.25, 0.3) is 0 Å². The van der Waals surface area contributed by atoms with Gasteiger partial charge in [0.15, 0.2) is 0 Å². The largest absolute Gasteiger partial charge is 0.359 e. The topological polar surface area (TPSA) is 35.5 Å². The van der Waals surface area contributed by atoms with Gasteiger partial charge in [0.2, 0.25) is 0 Å². The highest BCUT2D eigenvalue weighted by molar-refractivity contribution is 5.52. The lowest BCUT2D eigenvalue weighted by molar-refractivity contribution is -0.111. The van der Waals surface area contributed by atoms with Crippen molar-refractivity contribution in [2.75, 3.05) is 20.5 Å². The molecule has 66 valence electrons. The molecule has 3 nitrogen and oxygen atoms in total. The van der Waals surface area contributed by atoms with Gasteiger partial charge in [-0.25, -0.2) is 0 Å². The van der Waals surface area contributed by atoms with Crippen molar-refractivity contribution in [3.8, 4) is 0 Å². The van der Waals surface area contributed by atoms with Gasteiger partial charge in [0.1, 0.15) is 13.1 Å². The molecule has 0 radical (unpaired) electrons. The van der Waals surface area contributed by atoms with E-state index in [1.807, 2.05) is 6.92 Å². The van der Waals surface area contributed by atoms with Crippen molar-refractivity contribution < 1.29 is 14.3 Å². The lowest BCUT2D eigenvalue weighted by Gasteiger charge is -2.03. The Balaban J connectivity index is 2.95. The fourth-order valence-corrected chi connectivity index (χ4v) is 0.718. The first kappa shape index (κ1) is 10.6. The van der Waals surface area contributed by atoms with Crippen LogP contribution in [0.4, 0.5) is 0 Å². The average Bonchev–Trinajstić information content (AvgIpc) is 2.04. The molecule has 1 atom stereocenters. The molecule has 0 aromatic carbocycles. The summed E-state index contributed by atoms with van der Waals surface area (Å²) in [7, 11) is 1.59. The molecule has 0 amide bonds. The van der Waals surface area contributed by atoms with Crippen molar-refractivity contribution in [2.24, 2.45) is 5.92 Å². The first-order valence-corrected chi connectivity index (χ1v) is 3.83. The minimum absolute atomic E-state index is 0.154. The van der Waals surface area contributed by atoms with Gasteiger partial charge in [-0.05, 0) is 12.8 Å². The minimum Gasteiger partial charge on any atom is -0.359 e. The molecule has 0 spiro atoms. The van der Waals surface area contributed by atoms with Crippen molar-refractivity contribution in [3.63, 3.8) is 0 Å². The molecular weight excluding hydrogens is 144 g/mol. The summed E-state index contributed by atoms with van der Waals surface area (Å²) in [5, 5.41) is 0. The van der Waals surface area contributed by atoms with Crippen LogP contribution in [-0.2, 0) is 14.3 Å². The van der Waals surface area contributed by atoms with E-state index in [4.69, 9.17) is 4.74 Å². The highest BCUT2D eigenvalue weighted by Crippen LogP contribution is 2.01. The summed E-state index contributed by atoms with van der Waals surface area (Å²) in [6, 6.07) is 0. The van der Waals surface area contributed by atoms with Crippen LogP contribution in [0.25, 0.3) is 0 Å². The molecule has 0 bridgehead atoms. The standard InChI is InChI=1S/C8H16O3/c1-8(6-9)4-3-5-11-7-10-2/h6,8H,3-5,7H2,1-2H3/t8-/m1/s1. The van der Waals surface area contributed by atoms with E-state index < -0.39 is 0 Å². The van der Waals surface area contributed by atoms with Crippen LogP contribution in [0, 0.1) is 5.92 Å². The molecule has 0 aliphatic carbocycles. The number of hydrogen-bond acceptors (Lipinski definition) is 3. The molecule has 0 unspecified atom stereocenters. The third-order valence-corrected chi connectivity index (χ3v) is 1.38. The smallest absolute Gasteiger partial charge is 0.146 e. The summed E-state index contributed by atoms with van der Waals surface area (Å²) in [6.45, 7) is 2.92. The summed E-state index contributed by atoms with van der Waals surface area (Å²) in [6.07, 6.45) is 2.78. The van der Waals surface area contributed by atoms with E-state index >= 15 is 0 Å². The zero-order chi connectivity index (χ0) is 8.53. The zero-order valence-electron chi connectivity index (χ0n) is 7.21. The van der Waals surface area contributed by atoms with Gasteiger partial charge in [-0.2, -0.15) is 0 Å². The summed E-state index contributed by atoms with van der Waals surface area (Å²) < 4.78 is 9.72. The Labute approximate surface area is 67.7 Å². The van der Waals surface area contributed by atoms with E-state index in [0.717, 1.165) is 19.1 Å². The van der Waals surface area contributed by atoms with Crippen LogP contribution < -0.4 is 0 Å². The van der Waals surface area contributed by atoms with Crippen LogP contribution in [0.15, 0.2) is 0 Å². The fourth-order valence-electron chi connectivity index (χ4n) is 0.718. The molecular formula is C8H16O3. The van der Waals surface area contributed by atoms with Gasteiger partial charge in [0, 0.05) is 19.6 Å². The lowest BCUT2D eigenvalue weighted by atomic mass is 10.1. The van der Waals surface area contributed by atoms with Crippen molar-refractivity contribution in [1.82, 2.24) is 0 Å². The molecule has 0 aromatic rings. The van der Waals surface area contributed by atoms with Crippen molar-refractivity contribution in [1.29, 1.82) is 0 Å². The van der Waals surface area contributed by atoms with Crippen LogP contribution in [0.2, 0.25) is 0 Å². The molecule has 3 heteroatoms. The molecule has 0 heterocycles. The van der Waals surface area contributed by atoms with E-state index in [-0.39, 0.29) is 5.92 Å². The predicted molar refractivity (Wildman–Crippen MR) is 42.3 cm³/mol. The molecule has 0 saturated heterocycles. The van der Waals surface area contributed by atoms with Gasteiger partial charge in [0.05, 0.1) is 0 Å². The second-order valence-corrected chi connectivity index (χ2v) is 2.57.